The third-order valence-electron chi connectivity index (χ3n) is 3.35. The van der Waals surface area contributed by atoms with Gasteiger partial charge in [-0.05, 0) is 44.0 Å². The lowest BCUT2D eigenvalue weighted by molar-refractivity contribution is 0.417. The number of methoxy groups -OCH3 is 1. The van der Waals surface area contributed by atoms with Gasteiger partial charge in [0.25, 0.3) is 0 Å². The summed E-state index contributed by atoms with van der Waals surface area (Å²) in [6, 6.07) is 8.24. The van der Waals surface area contributed by atoms with Gasteiger partial charge >= 0.3 is 0 Å². The van der Waals surface area contributed by atoms with Gasteiger partial charge in [0, 0.05) is 24.2 Å². The molecule has 1 aromatic heterocycles. The van der Waals surface area contributed by atoms with E-state index in [9.17, 15) is 0 Å². The number of ether oxygens (including phenoxy) is 1. The minimum Gasteiger partial charge on any atom is -0.495 e. The van der Waals surface area contributed by atoms with E-state index < -0.39 is 0 Å². The molecule has 2 rings (SSSR count). The van der Waals surface area contributed by atoms with Crippen LogP contribution in [0.25, 0.3) is 10.9 Å². The van der Waals surface area contributed by atoms with Crippen molar-refractivity contribution in [3.8, 4) is 5.75 Å². The molecule has 108 valence electrons. The van der Waals surface area contributed by atoms with Gasteiger partial charge in [-0.15, -0.1) is 0 Å². The highest BCUT2D eigenvalue weighted by Crippen LogP contribution is 2.32. The highest BCUT2D eigenvalue weighted by Gasteiger charge is 2.08. The number of anilines is 1. The van der Waals surface area contributed by atoms with Crippen molar-refractivity contribution in [3.05, 3.63) is 30.5 Å². The van der Waals surface area contributed by atoms with E-state index in [-0.39, 0.29) is 6.04 Å². The summed E-state index contributed by atoms with van der Waals surface area (Å²) in [5, 5.41) is 4.57. The van der Waals surface area contributed by atoms with E-state index >= 15 is 0 Å². The van der Waals surface area contributed by atoms with Crippen LogP contribution < -0.4 is 15.8 Å². The number of aromatic nitrogens is 1. The highest BCUT2D eigenvalue weighted by atomic mass is 16.5. The third kappa shape index (κ3) is 3.61. The minimum absolute atomic E-state index is 0.284. The van der Waals surface area contributed by atoms with Gasteiger partial charge in [0.15, 0.2) is 0 Å². The first-order valence-electron chi connectivity index (χ1n) is 7.13. The normalized spacial score (nSPS) is 12.3. The standard InChI is InChI=1S/C16H23N3O/c1-12(17)6-3-4-10-19-16-13-7-5-11-18-14(13)8-9-15(16)20-2/h5,7-9,11-12,19H,3-4,6,10,17H2,1-2H3. The topological polar surface area (TPSA) is 60.2 Å². The van der Waals surface area contributed by atoms with Crippen LogP contribution in [0.2, 0.25) is 0 Å². The zero-order chi connectivity index (χ0) is 14.4. The van der Waals surface area contributed by atoms with E-state index in [0.29, 0.717) is 0 Å². The van der Waals surface area contributed by atoms with Crippen LogP contribution in [0.4, 0.5) is 5.69 Å². The maximum Gasteiger partial charge on any atom is 0.142 e. The van der Waals surface area contributed by atoms with Gasteiger partial charge in [0.1, 0.15) is 5.75 Å². The molecule has 1 unspecified atom stereocenters. The van der Waals surface area contributed by atoms with Crippen molar-refractivity contribution in [2.45, 2.75) is 32.2 Å². The first kappa shape index (κ1) is 14.6. The molecule has 0 fully saturated rings. The van der Waals surface area contributed by atoms with Crippen LogP contribution in [-0.4, -0.2) is 24.7 Å². The summed E-state index contributed by atoms with van der Waals surface area (Å²) in [5.41, 5.74) is 7.76. The zero-order valence-electron chi connectivity index (χ0n) is 12.2. The molecule has 0 saturated heterocycles. The molecule has 0 bridgehead atoms. The molecule has 0 aliphatic heterocycles. The van der Waals surface area contributed by atoms with Crippen LogP contribution in [0.3, 0.4) is 0 Å². The van der Waals surface area contributed by atoms with Crippen LogP contribution in [0, 0.1) is 0 Å². The first-order chi connectivity index (χ1) is 9.72. The van der Waals surface area contributed by atoms with Crippen molar-refractivity contribution in [2.24, 2.45) is 5.73 Å². The van der Waals surface area contributed by atoms with Crippen molar-refractivity contribution in [1.82, 2.24) is 4.98 Å². The third-order valence-corrected chi connectivity index (χ3v) is 3.35. The van der Waals surface area contributed by atoms with Gasteiger partial charge in [0.05, 0.1) is 18.3 Å². The molecule has 2 aromatic rings. The van der Waals surface area contributed by atoms with Crippen molar-refractivity contribution in [2.75, 3.05) is 19.0 Å². The summed E-state index contributed by atoms with van der Waals surface area (Å²) in [7, 11) is 1.69. The molecule has 20 heavy (non-hydrogen) atoms. The number of fused-ring (bicyclic) bond motifs is 1. The summed E-state index contributed by atoms with van der Waals surface area (Å²) in [6.07, 6.45) is 5.11. The number of pyridine rings is 1. The van der Waals surface area contributed by atoms with Crippen LogP contribution in [0.5, 0.6) is 5.75 Å². The second kappa shape index (κ2) is 7.10. The Morgan fingerprint density at radius 2 is 2.15 bits per heavy atom. The van der Waals surface area contributed by atoms with Crippen molar-refractivity contribution in [3.63, 3.8) is 0 Å². The van der Waals surface area contributed by atoms with E-state index in [0.717, 1.165) is 48.1 Å². The molecular weight excluding hydrogens is 250 g/mol. The monoisotopic (exact) mass is 273 g/mol. The second-order valence-electron chi connectivity index (χ2n) is 5.11. The van der Waals surface area contributed by atoms with E-state index in [1.807, 2.05) is 25.1 Å². The largest absolute Gasteiger partial charge is 0.495 e. The molecule has 4 nitrogen and oxygen atoms in total. The van der Waals surface area contributed by atoms with Gasteiger partial charge in [-0.3, -0.25) is 4.98 Å². The fourth-order valence-corrected chi connectivity index (χ4v) is 2.29. The number of hydrogen-bond donors (Lipinski definition) is 2. The lowest BCUT2D eigenvalue weighted by atomic mass is 10.1. The SMILES string of the molecule is COc1ccc2ncccc2c1NCCCCC(C)N. The number of benzene rings is 1. The number of unbranched alkanes of at least 4 members (excludes halogenated alkanes) is 1. The van der Waals surface area contributed by atoms with Gasteiger partial charge in [-0.1, -0.05) is 6.42 Å². The van der Waals surface area contributed by atoms with Gasteiger partial charge in [-0.2, -0.15) is 0 Å². The number of nitrogens with two attached hydrogens (primary N) is 1. The fraction of sp³-hybridized carbons (Fsp3) is 0.438. The Kier molecular flexibility index (Phi) is 5.18. The summed E-state index contributed by atoms with van der Waals surface area (Å²) < 4.78 is 5.44. The average molecular weight is 273 g/mol. The summed E-state index contributed by atoms with van der Waals surface area (Å²) in [5.74, 6) is 0.859. The number of nitrogens with zero attached hydrogens (tertiary/aromatic N) is 1. The second-order valence-corrected chi connectivity index (χ2v) is 5.11. The smallest absolute Gasteiger partial charge is 0.142 e. The average Bonchev–Trinajstić information content (AvgIpc) is 2.46. The van der Waals surface area contributed by atoms with E-state index in [2.05, 4.69) is 16.4 Å². The lowest BCUT2D eigenvalue weighted by Crippen LogP contribution is -2.14. The van der Waals surface area contributed by atoms with E-state index in [1.165, 1.54) is 0 Å². The summed E-state index contributed by atoms with van der Waals surface area (Å²) in [4.78, 5) is 4.37. The van der Waals surface area contributed by atoms with Crippen LogP contribution in [0.15, 0.2) is 30.5 Å². The maximum atomic E-state index is 5.76. The quantitative estimate of drug-likeness (QED) is 0.761. The molecule has 4 heteroatoms. The number of hydrogen-bond acceptors (Lipinski definition) is 4. The summed E-state index contributed by atoms with van der Waals surface area (Å²) >= 11 is 0. The molecular formula is C16H23N3O. The Labute approximate surface area is 120 Å². The van der Waals surface area contributed by atoms with Crippen LogP contribution >= 0.6 is 0 Å². The molecule has 1 heterocycles. The Hall–Kier alpha value is -1.81. The number of rotatable bonds is 7. The highest BCUT2D eigenvalue weighted by molar-refractivity contribution is 5.94. The predicted octanol–water partition coefficient (Wildman–Crippen LogP) is 3.17. The maximum absolute atomic E-state index is 5.76. The van der Waals surface area contributed by atoms with Crippen molar-refractivity contribution in [1.29, 1.82) is 0 Å². The molecule has 1 atom stereocenters. The Morgan fingerprint density at radius 3 is 2.90 bits per heavy atom. The predicted molar refractivity (Wildman–Crippen MR) is 84.3 cm³/mol. The molecule has 0 aliphatic carbocycles. The van der Waals surface area contributed by atoms with E-state index in [1.54, 1.807) is 13.3 Å². The zero-order valence-corrected chi connectivity index (χ0v) is 12.2. The summed E-state index contributed by atoms with van der Waals surface area (Å²) in [6.45, 7) is 2.96. The Bertz CT molecular complexity index is 554. The fourth-order valence-electron chi connectivity index (χ4n) is 2.29. The van der Waals surface area contributed by atoms with Crippen LogP contribution in [0.1, 0.15) is 26.2 Å². The van der Waals surface area contributed by atoms with Crippen molar-refractivity contribution >= 4 is 16.6 Å². The minimum atomic E-state index is 0.284. The van der Waals surface area contributed by atoms with Gasteiger partial charge < -0.3 is 15.8 Å². The van der Waals surface area contributed by atoms with E-state index in [4.69, 9.17) is 10.5 Å². The van der Waals surface area contributed by atoms with Gasteiger partial charge in [0.2, 0.25) is 0 Å². The molecule has 0 radical (unpaired) electrons. The lowest BCUT2D eigenvalue weighted by Gasteiger charge is -2.14. The first-order valence-corrected chi connectivity index (χ1v) is 7.13. The number of nitrogens with one attached hydrogen (secondary N) is 1. The Morgan fingerprint density at radius 1 is 1.30 bits per heavy atom. The molecule has 3 N–H and O–H groups in total. The molecule has 1 aromatic carbocycles. The van der Waals surface area contributed by atoms with Gasteiger partial charge in [-0.25, -0.2) is 0 Å². The van der Waals surface area contributed by atoms with Crippen LogP contribution in [-0.2, 0) is 0 Å². The molecule has 0 amide bonds. The Balaban J connectivity index is 2.07. The molecule has 0 saturated carbocycles. The molecule has 0 spiro atoms. The molecule has 0 aliphatic rings. The van der Waals surface area contributed by atoms with Crippen molar-refractivity contribution < 1.29 is 4.74 Å².